The molecule has 7 nitrogen and oxygen atoms in total. The number of piperidine rings is 1. The van der Waals surface area contributed by atoms with Crippen LogP contribution in [0.15, 0.2) is 36.5 Å². The first-order valence-electron chi connectivity index (χ1n) is 9.54. The standard InChI is InChI=1S/C21H26N2O5/c1-20(2,3)28-19(26)22-11-8-21(9-12-22)17-5-4-10-23(17)15-7-6-14(18(24)25)13-16(15)27-21/h4-7,10,13,18,24-25H,8-9,11-12H2,1-3H3. The zero-order chi connectivity index (χ0) is 20.1. The SMILES string of the molecule is CC(C)(C)OC(=O)N1CCC2(CC1)Oc1cc(C(O)O)ccc1-n1cccc12. The Bertz CT molecular complexity index is 888. The number of carbonyl (C=O) groups is 1. The second kappa shape index (κ2) is 6.53. The summed E-state index contributed by atoms with van der Waals surface area (Å²) in [7, 11) is 0. The molecule has 1 spiro atoms. The summed E-state index contributed by atoms with van der Waals surface area (Å²) in [4.78, 5) is 14.1. The minimum Gasteiger partial charge on any atom is -0.479 e. The molecule has 2 aliphatic rings. The highest BCUT2D eigenvalue weighted by atomic mass is 16.6. The van der Waals surface area contributed by atoms with E-state index in [1.165, 1.54) is 0 Å². The van der Waals surface area contributed by atoms with Crippen molar-refractivity contribution in [3.63, 3.8) is 0 Å². The van der Waals surface area contributed by atoms with Crippen LogP contribution < -0.4 is 4.74 Å². The van der Waals surface area contributed by atoms with Crippen molar-refractivity contribution in [3.8, 4) is 11.4 Å². The Balaban J connectivity index is 1.60. The molecule has 1 aromatic heterocycles. The Morgan fingerprint density at radius 2 is 1.93 bits per heavy atom. The van der Waals surface area contributed by atoms with E-state index in [0.717, 1.165) is 11.4 Å². The number of rotatable bonds is 1. The fourth-order valence-electron chi connectivity index (χ4n) is 3.93. The number of aromatic nitrogens is 1. The lowest BCUT2D eigenvalue weighted by Gasteiger charge is -2.45. The van der Waals surface area contributed by atoms with Gasteiger partial charge in [-0.1, -0.05) is 6.07 Å². The molecule has 150 valence electrons. The van der Waals surface area contributed by atoms with Crippen LogP contribution in [0.5, 0.6) is 5.75 Å². The largest absolute Gasteiger partial charge is 0.479 e. The van der Waals surface area contributed by atoms with E-state index >= 15 is 0 Å². The molecule has 0 radical (unpaired) electrons. The van der Waals surface area contributed by atoms with Gasteiger partial charge in [0.25, 0.3) is 0 Å². The van der Waals surface area contributed by atoms with E-state index in [2.05, 4.69) is 4.57 Å². The number of nitrogens with zero attached hydrogens (tertiary/aromatic N) is 2. The molecule has 0 bridgehead atoms. The molecule has 0 unspecified atom stereocenters. The number of hydrogen-bond donors (Lipinski definition) is 2. The highest BCUT2D eigenvalue weighted by Gasteiger charge is 2.45. The van der Waals surface area contributed by atoms with E-state index in [0.29, 0.717) is 37.2 Å². The summed E-state index contributed by atoms with van der Waals surface area (Å²) in [5.41, 5.74) is 1.21. The van der Waals surface area contributed by atoms with Crippen molar-refractivity contribution >= 4 is 6.09 Å². The fraction of sp³-hybridized carbons (Fsp3) is 0.476. The number of hydrogen-bond acceptors (Lipinski definition) is 5. The molecule has 1 saturated heterocycles. The summed E-state index contributed by atoms with van der Waals surface area (Å²) in [6.07, 6.45) is 1.38. The number of fused-ring (bicyclic) bond motifs is 4. The summed E-state index contributed by atoms with van der Waals surface area (Å²) >= 11 is 0. The van der Waals surface area contributed by atoms with Crippen molar-refractivity contribution in [1.29, 1.82) is 0 Å². The normalized spacial score (nSPS) is 17.9. The van der Waals surface area contributed by atoms with E-state index in [-0.39, 0.29) is 6.09 Å². The fourth-order valence-corrected chi connectivity index (χ4v) is 3.93. The molecule has 0 aliphatic carbocycles. The number of aliphatic hydroxyl groups excluding tert-OH is 1. The molecular weight excluding hydrogens is 360 g/mol. The first kappa shape index (κ1) is 18.8. The van der Waals surface area contributed by atoms with E-state index in [9.17, 15) is 15.0 Å². The number of aliphatic hydroxyl groups is 2. The van der Waals surface area contributed by atoms with Crippen LogP contribution in [0.25, 0.3) is 5.69 Å². The van der Waals surface area contributed by atoms with Crippen LogP contribution in [0.2, 0.25) is 0 Å². The molecule has 1 aromatic carbocycles. The Labute approximate surface area is 164 Å². The zero-order valence-electron chi connectivity index (χ0n) is 16.4. The van der Waals surface area contributed by atoms with Crippen molar-refractivity contribution in [2.75, 3.05) is 13.1 Å². The van der Waals surface area contributed by atoms with E-state index in [1.54, 1.807) is 17.0 Å². The van der Waals surface area contributed by atoms with Crippen molar-refractivity contribution in [1.82, 2.24) is 9.47 Å². The van der Waals surface area contributed by atoms with Gasteiger partial charge in [0.05, 0.1) is 11.4 Å². The molecule has 28 heavy (non-hydrogen) atoms. The molecule has 7 heteroatoms. The average Bonchev–Trinajstić information content (AvgIpc) is 3.11. The lowest BCUT2D eigenvalue weighted by molar-refractivity contribution is -0.0442. The molecule has 1 fully saturated rings. The van der Waals surface area contributed by atoms with Crippen LogP contribution in [0, 0.1) is 0 Å². The topological polar surface area (TPSA) is 84.2 Å². The van der Waals surface area contributed by atoms with Crippen molar-refractivity contribution in [2.24, 2.45) is 0 Å². The third kappa shape index (κ3) is 3.25. The first-order chi connectivity index (χ1) is 13.2. The minimum atomic E-state index is -1.55. The number of carbonyl (C=O) groups excluding carboxylic acids is 1. The Morgan fingerprint density at radius 3 is 2.57 bits per heavy atom. The van der Waals surface area contributed by atoms with Crippen LogP contribution >= 0.6 is 0 Å². The van der Waals surface area contributed by atoms with Gasteiger partial charge in [-0.2, -0.15) is 0 Å². The summed E-state index contributed by atoms with van der Waals surface area (Å²) in [6.45, 7) is 6.63. The van der Waals surface area contributed by atoms with Gasteiger partial charge in [-0.3, -0.25) is 0 Å². The number of benzene rings is 1. The molecule has 2 aliphatic heterocycles. The number of likely N-dealkylation sites (tertiary alicyclic amines) is 1. The maximum Gasteiger partial charge on any atom is 0.410 e. The molecule has 3 heterocycles. The van der Waals surface area contributed by atoms with Gasteiger partial charge in [0, 0.05) is 37.7 Å². The number of amides is 1. The highest BCUT2D eigenvalue weighted by Crippen LogP contribution is 2.45. The maximum absolute atomic E-state index is 12.4. The highest BCUT2D eigenvalue weighted by molar-refractivity contribution is 5.68. The third-order valence-corrected chi connectivity index (χ3v) is 5.29. The minimum absolute atomic E-state index is 0.306. The van der Waals surface area contributed by atoms with Gasteiger partial charge < -0.3 is 29.2 Å². The molecule has 0 atom stereocenters. The first-order valence-corrected chi connectivity index (χ1v) is 9.54. The third-order valence-electron chi connectivity index (χ3n) is 5.29. The van der Waals surface area contributed by atoms with Gasteiger partial charge in [0.1, 0.15) is 11.4 Å². The monoisotopic (exact) mass is 386 g/mol. The second-order valence-corrected chi connectivity index (χ2v) is 8.43. The van der Waals surface area contributed by atoms with Gasteiger partial charge in [0.2, 0.25) is 0 Å². The maximum atomic E-state index is 12.4. The second-order valence-electron chi connectivity index (χ2n) is 8.43. The Kier molecular flexibility index (Phi) is 4.39. The summed E-state index contributed by atoms with van der Waals surface area (Å²) < 4.78 is 14.0. The zero-order valence-corrected chi connectivity index (χ0v) is 16.4. The molecular formula is C21H26N2O5. The predicted molar refractivity (Wildman–Crippen MR) is 102 cm³/mol. The quantitative estimate of drug-likeness (QED) is 0.736. The van der Waals surface area contributed by atoms with Crippen LogP contribution in [-0.2, 0) is 10.3 Å². The Morgan fingerprint density at radius 1 is 1.21 bits per heavy atom. The average molecular weight is 386 g/mol. The molecule has 2 N–H and O–H groups in total. The van der Waals surface area contributed by atoms with E-state index < -0.39 is 17.5 Å². The summed E-state index contributed by atoms with van der Waals surface area (Å²) in [6, 6.07) is 9.20. The van der Waals surface area contributed by atoms with Crippen LogP contribution in [0.4, 0.5) is 4.79 Å². The number of ether oxygens (including phenoxy) is 2. The van der Waals surface area contributed by atoms with E-state index in [1.807, 2.05) is 45.2 Å². The molecule has 4 rings (SSSR count). The predicted octanol–water partition coefficient (Wildman–Crippen LogP) is 3.08. The van der Waals surface area contributed by atoms with Gasteiger partial charge in [0.15, 0.2) is 11.9 Å². The smallest absolute Gasteiger partial charge is 0.410 e. The van der Waals surface area contributed by atoms with Crippen LogP contribution in [0.1, 0.15) is 51.2 Å². The molecule has 0 saturated carbocycles. The summed E-state index contributed by atoms with van der Waals surface area (Å²) in [5.74, 6) is 0.611. The van der Waals surface area contributed by atoms with Crippen molar-refractivity contribution < 1.29 is 24.5 Å². The van der Waals surface area contributed by atoms with Crippen LogP contribution in [0.3, 0.4) is 0 Å². The Hall–Kier alpha value is -2.51. The van der Waals surface area contributed by atoms with E-state index in [4.69, 9.17) is 9.47 Å². The van der Waals surface area contributed by atoms with Crippen LogP contribution in [-0.4, -0.2) is 44.5 Å². The van der Waals surface area contributed by atoms with Crippen molar-refractivity contribution in [2.45, 2.75) is 51.1 Å². The van der Waals surface area contributed by atoms with Gasteiger partial charge >= 0.3 is 6.09 Å². The lowest BCUT2D eigenvalue weighted by atomic mass is 9.86. The van der Waals surface area contributed by atoms with Gasteiger partial charge in [-0.25, -0.2) is 4.79 Å². The van der Waals surface area contributed by atoms with Crippen molar-refractivity contribution in [3.05, 3.63) is 47.8 Å². The summed E-state index contributed by atoms with van der Waals surface area (Å²) in [5, 5.41) is 19.0. The lowest BCUT2D eigenvalue weighted by Crippen LogP contribution is -2.50. The molecule has 2 aromatic rings. The molecule has 1 amide bonds. The van der Waals surface area contributed by atoms with Gasteiger partial charge in [-0.15, -0.1) is 0 Å². The van der Waals surface area contributed by atoms with Gasteiger partial charge in [-0.05, 0) is 45.0 Å².